The van der Waals surface area contributed by atoms with Crippen molar-refractivity contribution >= 4 is 23.3 Å². The number of hydrogen-bond donors (Lipinski definition) is 1. The zero-order valence-corrected chi connectivity index (χ0v) is 12.2. The summed E-state index contributed by atoms with van der Waals surface area (Å²) in [7, 11) is 3.54. The van der Waals surface area contributed by atoms with E-state index < -0.39 is 0 Å². The number of hydrogen-bond acceptors (Lipinski definition) is 3. The number of aromatic nitrogens is 1. The third-order valence-electron chi connectivity index (χ3n) is 3.22. The van der Waals surface area contributed by atoms with Crippen molar-refractivity contribution in [1.29, 1.82) is 0 Å². The van der Waals surface area contributed by atoms with Crippen molar-refractivity contribution < 1.29 is 4.79 Å². The number of amides is 1. The minimum atomic E-state index is -0.0618. The smallest absolute Gasteiger partial charge is 0.255 e. The van der Waals surface area contributed by atoms with Gasteiger partial charge in [0.25, 0.3) is 5.91 Å². The molecule has 1 N–H and O–H groups in total. The molecule has 0 saturated carbocycles. The van der Waals surface area contributed by atoms with Crippen molar-refractivity contribution in [1.82, 2.24) is 9.88 Å². The van der Waals surface area contributed by atoms with Crippen molar-refractivity contribution in [2.75, 3.05) is 19.4 Å². The van der Waals surface area contributed by atoms with Crippen molar-refractivity contribution in [3.63, 3.8) is 0 Å². The van der Waals surface area contributed by atoms with E-state index in [9.17, 15) is 4.79 Å². The Kier molecular flexibility index (Phi) is 4.96. The van der Waals surface area contributed by atoms with Gasteiger partial charge < -0.3 is 10.2 Å². The Balaban J connectivity index is 2.94. The van der Waals surface area contributed by atoms with Crippen molar-refractivity contribution in [2.24, 2.45) is 5.92 Å². The molecule has 100 valence electrons. The van der Waals surface area contributed by atoms with Gasteiger partial charge in [0.2, 0.25) is 0 Å². The second-order valence-corrected chi connectivity index (χ2v) is 5.11. The van der Waals surface area contributed by atoms with Crippen LogP contribution in [0.2, 0.25) is 5.02 Å². The zero-order valence-electron chi connectivity index (χ0n) is 11.5. The van der Waals surface area contributed by atoms with Crippen LogP contribution in [0.4, 0.5) is 5.82 Å². The van der Waals surface area contributed by atoms with Gasteiger partial charge in [-0.05, 0) is 18.9 Å². The van der Waals surface area contributed by atoms with Gasteiger partial charge in [0.1, 0.15) is 5.82 Å². The minimum Gasteiger partial charge on any atom is -0.372 e. The molecule has 0 saturated heterocycles. The molecule has 0 bridgehead atoms. The Hall–Kier alpha value is -1.29. The minimum absolute atomic E-state index is 0.0618. The molecule has 1 unspecified atom stereocenters. The zero-order chi connectivity index (χ0) is 13.9. The average Bonchev–Trinajstić information content (AvgIpc) is 2.35. The first kappa shape index (κ1) is 14.8. The van der Waals surface area contributed by atoms with E-state index in [-0.39, 0.29) is 11.9 Å². The highest BCUT2D eigenvalue weighted by atomic mass is 35.5. The first-order valence-corrected chi connectivity index (χ1v) is 6.36. The molecule has 0 fully saturated rings. The van der Waals surface area contributed by atoms with Gasteiger partial charge in [-0.2, -0.15) is 0 Å². The molecule has 1 aromatic rings. The number of halogens is 1. The number of carbonyl (C=O) groups excluding carboxylic acids is 1. The van der Waals surface area contributed by atoms with Crippen LogP contribution in [0.5, 0.6) is 0 Å². The molecule has 1 atom stereocenters. The normalized spacial score (nSPS) is 12.4. The monoisotopic (exact) mass is 269 g/mol. The molecule has 4 nitrogen and oxygen atoms in total. The van der Waals surface area contributed by atoms with Gasteiger partial charge in [0, 0.05) is 26.3 Å². The Morgan fingerprint density at radius 1 is 1.44 bits per heavy atom. The van der Waals surface area contributed by atoms with Crippen LogP contribution >= 0.6 is 11.6 Å². The van der Waals surface area contributed by atoms with E-state index in [4.69, 9.17) is 11.6 Å². The van der Waals surface area contributed by atoms with Crippen LogP contribution in [-0.2, 0) is 0 Å². The molecule has 0 spiro atoms. The van der Waals surface area contributed by atoms with E-state index in [0.29, 0.717) is 22.3 Å². The number of nitrogens with one attached hydrogen (secondary N) is 1. The Bertz CT molecular complexity index is 434. The predicted octanol–water partition coefficient (Wildman–Crippen LogP) is 2.89. The maximum Gasteiger partial charge on any atom is 0.255 e. The third kappa shape index (κ3) is 3.13. The Morgan fingerprint density at radius 3 is 2.50 bits per heavy atom. The second-order valence-electron chi connectivity index (χ2n) is 4.71. The quantitative estimate of drug-likeness (QED) is 0.914. The summed E-state index contributed by atoms with van der Waals surface area (Å²) in [5, 5.41) is 3.32. The highest BCUT2D eigenvalue weighted by Crippen LogP contribution is 2.21. The molecule has 0 aliphatic rings. The third-order valence-corrected chi connectivity index (χ3v) is 3.51. The summed E-state index contributed by atoms with van der Waals surface area (Å²) in [4.78, 5) is 18.1. The molecule has 1 amide bonds. The molecule has 1 heterocycles. The molecule has 1 aromatic heterocycles. The topological polar surface area (TPSA) is 45.2 Å². The van der Waals surface area contributed by atoms with Crippen LogP contribution in [0.1, 0.15) is 31.1 Å². The van der Waals surface area contributed by atoms with Gasteiger partial charge >= 0.3 is 0 Å². The summed E-state index contributed by atoms with van der Waals surface area (Å²) < 4.78 is 0. The molecule has 0 aliphatic carbocycles. The van der Waals surface area contributed by atoms with E-state index in [1.54, 1.807) is 31.3 Å². The number of pyridine rings is 1. The highest BCUT2D eigenvalue weighted by molar-refractivity contribution is 6.33. The summed E-state index contributed by atoms with van der Waals surface area (Å²) in [5.41, 5.74) is 0.508. The summed E-state index contributed by atoms with van der Waals surface area (Å²) in [5.74, 6) is 0.917. The number of anilines is 1. The summed E-state index contributed by atoms with van der Waals surface area (Å²) >= 11 is 6.02. The van der Waals surface area contributed by atoms with Crippen molar-refractivity contribution in [3.05, 3.63) is 22.8 Å². The van der Waals surface area contributed by atoms with Crippen LogP contribution in [0.25, 0.3) is 0 Å². The van der Waals surface area contributed by atoms with Gasteiger partial charge in [-0.3, -0.25) is 4.79 Å². The fourth-order valence-electron chi connectivity index (χ4n) is 1.57. The molecule has 0 radical (unpaired) electrons. The molecule has 18 heavy (non-hydrogen) atoms. The standard InChI is InChI=1S/C13H20ClN3O/c1-8(2)9(3)17(5)13(18)10-6-11(14)12(15-4)16-7-10/h6-9H,1-5H3,(H,15,16). The fraction of sp³-hybridized carbons (Fsp3) is 0.538. The Morgan fingerprint density at radius 2 is 2.06 bits per heavy atom. The largest absolute Gasteiger partial charge is 0.372 e. The first-order valence-electron chi connectivity index (χ1n) is 5.99. The van der Waals surface area contributed by atoms with E-state index in [0.717, 1.165) is 0 Å². The van der Waals surface area contributed by atoms with Crippen molar-refractivity contribution in [2.45, 2.75) is 26.8 Å². The van der Waals surface area contributed by atoms with Crippen LogP contribution in [0, 0.1) is 5.92 Å². The first-order chi connectivity index (χ1) is 8.38. The van der Waals surface area contributed by atoms with Gasteiger partial charge in [0.15, 0.2) is 0 Å². The lowest BCUT2D eigenvalue weighted by Crippen LogP contribution is -2.38. The van der Waals surface area contributed by atoms with Crippen LogP contribution in [0.15, 0.2) is 12.3 Å². The van der Waals surface area contributed by atoms with Gasteiger partial charge in [-0.1, -0.05) is 25.4 Å². The summed E-state index contributed by atoms with van der Waals surface area (Å²) in [6, 6.07) is 1.81. The molecule has 0 aromatic carbocycles. The molecule has 0 aliphatic heterocycles. The number of carbonyl (C=O) groups is 1. The lowest BCUT2D eigenvalue weighted by molar-refractivity contribution is 0.0706. The maximum absolute atomic E-state index is 12.2. The molecular formula is C13H20ClN3O. The fourth-order valence-corrected chi connectivity index (χ4v) is 1.84. The average molecular weight is 270 g/mol. The van der Waals surface area contributed by atoms with Crippen LogP contribution in [-0.4, -0.2) is 35.9 Å². The van der Waals surface area contributed by atoms with E-state index in [2.05, 4.69) is 24.1 Å². The maximum atomic E-state index is 12.2. The molecule has 1 rings (SSSR count). The Labute approximate surface area is 113 Å². The SMILES string of the molecule is CNc1ncc(C(=O)N(C)C(C)C(C)C)cc1Cl. The van der Waals surface area contributed by atoms with Gasteiger partial charge in [0.05, 0.1) is 10.6 Å². The molecular weight excluding hydrogens is 250 g/mol. The summed E-state index contributed by atoms with van der Waals surface area (Å²) in [6.07, 6.45) is 1.55. The van der Waals surface area contributed by atoms with E-state index in [1.165, 1.54) is 0 Å². The summed E-state index contributed by atoms with van der Waals surface area (Å²) in [6.45, 7) is 6.20. The van der Waals surface area contributed by atoms with Crippen LogP contribution < -0.4 is 5.32 Å². The van der Waals surface area contributed by atoms with Gasteiger partial charge in [-0.15, -0.1) is 0 Å². The van der Waals surface area contributed by atoms with Crippen LogP contribution in [0.3, 0.4) is 0 Å². The lowest BCUT2D eigenvalue weighted by atomic mass is 10.0. The van der Waals surface area contributed by atoms with E-state index in [1.807, 2.05) is 6.92 Å². The number of nitrogens with zero attached hydrogens (tertiary/aromatic N) is 2. The van der Waals surface area contributed by atoms with E-state index >= 15 is 0 Å². The second kappa shape index (κ2) is 6.05. The van der Waals surface area contributed by atoms with Gasteiger partial charge in [-0.25, -0.2) is 4.98 Å². The van der Waals surface area contributed by atoms with Crippen molar-refractivity contribution in [3.8, 4) is 0 Å². The highest BCUT2D eigenvalue weighted by Gasteiger charge is 2.20. The predicted molar refractivity (Wildman–Crippen MR) is 75.2 cm³/mol. The number of rotatable bonds is 4. The molecule has 5 heteroatoms. The lowest BCUT2D eigenvalue weighted by Gasteiger charge is -2.28.